The fourth-order valence-electron chi connectivity index (χ4n) is 3.84. The number of amidine groups is 1. The number of fused-ring (bicyclic) bond motifs is 1. The number of hydrogen-bond donors (Lipinski definition) is 0. The maximum Gasteiger partial charge on any atom is 0.338 e. The van der Waals surface area contributed by atoms with Gasteiger partial charge in [-0.2, -0.15) is 0 Å². The van der Waals surface area contributed by atoms with Gasteiger partial charge >= 0.3 is 5.97 Å². The van der Waals surface area contributed by atoms with Crippen LogP contribution in [0.25, 0.3) is 0 Å². The lowest BCUT2D eigenvalue weighted by Crippen LogP contribution is -2.34. The third-order valence-electron chi connectivity index (χ3n) is 5.35. The summed E-state index contributed by atoms with van der Waals surface area (Å²) in [6.45, 7) is 6.46. The van der Waals surface area contributed by atoms with Crippen LogP contribution in [0.1, 0.15) is 37.9 Å². The minimum Gasteiger partial charge on any atom is -0.490 e. The smallest absolute Gasteiger partial charge is 0.338 e. The van der Waals surface area contributed by atoms with Crippen LogP contribution in [-0.4, -0.2) is 29.3 Å². The topological polar surface area (TPSA) is 60.4 Å². The minimum absolute atomic E-state index is 0.229. The fraction of sp³-hybridized carbons (Fsp3) is 0.280. The van der Waals surface area contributed by atoms with Gasteiger partial charge in [-0.25, -0.2) is 9.79 Å². The van der Waals surface area contributed by atoms with E-state index in [1.807, 2.05) is 48.6 Å². The molecule has 0 aromatic heterocycles. The Morgan fingerprint density at radius 3 is 2.69 bits per heavy atom. The summed E-state index contributed by atoms with van der Waals surface area (Å²) in [4.78, 5) is 19.5. The van der Waals surface area contributed by atoms with Crippen LogP contribution in [0.5, 0.6) is 11.5 Å². The predicted molar refractivity (Wildman–Crippen MR) is 144 cm³/mol. The molecule has 10 heteroatoms. The Morgan fingerprint density at radius 1 is 1.17 bits per heavy atom. The third kappa shape index (κ3) is 5.50. The zero-order valence-electron chi connectivity index (χ0n) is 19.3. The molecule has 0 unspecified atom stereocenters. The van der Waals surface area contributed by atoms with E-state index in [9.17, 15) is 4.79 Å². The van der Waals surface area contributed by atoms with E-state index in [1.54, 1.807) is 19.1 Å². The van der Waals surface area contributed by atoms with E-state index in [-0.39, 0.29) is 13.2 Å². The number of esters is 1. The summed E-state index contributed by atoms with van der Waals surface area (Å²) in [5.74, 6) is 0.689. The Morgan fingerprint density at radius 2 is 1.97 bits per heavy atom. The van der Waals surface area contributed by atoms with Gasteiger partial charge in [0, 0.05) is 21.8 Å². The highest BCUT2D eigenvalue weighted by Crippen LogP contribution is 2.46. The molecule has 2 aromatic rings. The molecule has 1 atom stereocenters. The van der Waals surface area contributed by atoms with Gasteiger partial charge < -0.3 is 19.1 Å². The van der Waals surface area contributed by atoms with Crippen molar-refractivity contribution in [2.24, 2.45) is 4.99 Å². The molecule has 0 N–H and O–H groups in total. The number of allylic oxidation sites excluding steroid dienone is 1. The Balaban J connectivity index is 1.73. The molecule has 2 heterocycles. The monoisotopic (exact) mass is 596 g/mol. The second-order valence-corrected chi connectivity index (χ2v) is 10.2. The number of rotatable bonds is 8. The van der Waals surface area contributed by atoms with Gasteiger partial charge in [-0.05, 0) is 71.9 Å². The van der Waals surface area contributed by atoms with Gasteiger partial charge in [0.15, 0.2) is 16.7 Å². The Bertz CT molecular complexity index is 1250. The highest BCUT2D eigenvalue weighted by atomic mass is 79.9. The van der Waals surface area contributed by atoms with E-state index < -0.39 is 12.0 Å². The summed E-state index contributed by atoms with van der Waals surface area (Å²) < 4.78 is 18.1. The molecule has 184 valence electrons. The molecule has 2 aliphatic rings. The summed E-state index contributed by atoms with van der Waals surface area (Å²) in [6.07, 6.45) is 1.92. The van der Waals surface area contributed by atoms with Crippen molar-refractivity contribution >= 4 is 62.0 Å². The lowest BCUT2D eigenvalue weighted by atomic mass is 9.94. The first kappa shape index (κ1) is 25.9. The average Bonchev–Trinajstić information content (AvgIpc) is 3.27. The summed E-state index contributed by atoms with van der Waals surface area (Å²) >= 11 is 17.5. The van der Waals surface area contributed by atoms with Gasteiger partial charge in [0.25, 0.3) is 0 Å². The first-order chi connectivity index (χ1) is 16.8. The van der Waals surface area contributed by atoms with E-state index >= 15 is 0 Å². The Labute approximate surface area is 227 Å². The third-order valence-corrected chi connectivity index (χ3v) is 7.30. The fourth-order valence-corrected chi connectivity index (χ4v) is 5.66. The number of aliphatic imine (C=N–C) groups is 1. The molecular formula is C25H23BrCl2N2O4S. The second-order valence-electron chi connectivity index (χ2n) is 7.61. The largest absolute Gasteiger partial charge is 0.490 e. The summed E-state index contributed by atoms with van der Waals surface area (Å²) in [5.41, 5.74) is 2.74. The molecule has 0 bridgehead atoms. The van der Waals surface area contributed by atoms with Crippen molar-refractivity contribution in [3.63, 3.8) is 0 Å². The van der Waals surface area contributed by atoms with Crippen LogP contribution in [0.3, 0.4) is 0 Å². The van der Waals surface area contributed by atoms with Crippen LogP contribution in [0.15, 0.2) is 62.7 Å². The van der Waals surface area contributed by atoms with Crippen molar-refractivity contribution in [1.29, 1.82) is 0 Å². The molecule has 0 saturated carbocycles. The number of carbonyl (C=O) groups is 1. The van der Waals surface area contributed by atoms with E-state index in [2.05, 4.69) is 20.9 Å². The van der Waals surface area contributed by atoms with Gasteiger partial charge in [0.1, 0.15) is 6.61 Å². The number of halogens is 3. The molecule has 0 fully saturated rings. The summed E-state index contributed by atoms with van der Waals surface area (Å²) in [6, 6.07) is 8.67. The van der Waals surface area contributed by atoms with Crippen molar-refractivity contribution < 1.29 is 19.0 Å². The molecule has 0 spiro atoms. The van der Waals surface area contributed by atoms with Gasteiger partial charge in [0.05, 0.1) is 35.0 Å². The van der Waals surface area contributed by atoms with Crippen LogP contribution < -0.4 is 9.47 Å². The molecule has 35 heavy (non-hydrogen) atoms. The first-order valence-electron chi connectivity index (χ1n) is 10.9. The lowest BCUT2D eigenvalue weighted by Gasteiger charge is -2.33. The summed E-state index contributed by atoms with van der Waals surface area (Å²) in [7, 11) is 0. The zero-order chi connectivity index (χ0) is 25.1. The number of carbonyl (C=O) groups excluding carboxylic acids is 1. The van der Waals surface area contributed by atoms with Gasteiger partial charge in [-0.1, -0.05) is 41.0 Å². The minimum atomic E-state index is -0.428. The van der Waals surface area contributed by atoms with Crippen molar-refractivity contribution in [2.75, 3.05) is 13.2 Å². The van der Waals surface area contributed by atoms with Crippen LogP contribution in [0.2, 0.25) is 10.0 Å². The highest BCUT2D eigenvalue weighted by molar-refractivity contribution is 9.10. The normalized spacial score (nSPS) is 16.8. The van der Waals surface area contributed by atoms with Gasteiger partial charge in [0.2, 0.25) is 0 Å². The zero-order valence-corrected chi connectivity index (χ0v) is 23.2. The molecule has 0 aliphatic carbocycles. The molecule has 0 saturated heterocycles. The second kappa shape index (κ2) is 11.3. The van der Waals surface area contributed by atoms with Crippen LogP contribution >= 0.6 is 50.9 Å². The number of thioether (sulfide) groups is 1. The van der Waals surface area contributed by atoms with E-state index in [0.717, 1.165) is 16.3 Å². The van der Waals surface area contributed by atoms with Crippen molar-refractivity contribution in [3.8, 4) is 11.5 Å². The molecule has 2 aliphatic heterocycles. The predicted octanol–water partition coefficient (Wildman–Crippen LogP) is 7.50. The lowest BCUT2D eigenvalue weighted by molar-refractivity contribution is -0.139. The van der Waals surface area contributed by atoms with Crippen molar-refractivity contribution in [2.45, 2.75) is 33.4 Å². The van der Waals surface area contributed by atoms with E-state index in [1.165, 1.54) is 11.8 Å². The maximum absolute atomic E-state index is 13.0. The van der Waals surface area contributed by atoms with Gasteiger partial charge in [-0.3, -0.25) is 0 Å². The molecule has 2 aromatic carbocycles. The quantitative estimate of drug-likeness (QED) is 0.294. The van der Waals surface area contributed by atoms with Crippen molar-refractivity contribution in [3.05, 3.63) is 78.9 Å². The Kier molecular flexibility index (Phi) is 8.37. The number of nitrogens with zero attached hydrogens (tertiary/aromatic N) is 2. The van der Waals surface area contributed by atoms with Crippen LogP contribution in [-0.2, 0) is 16.1 Å². The number of ether oxygens (including phenoxy) is 3. The van der Waals surface area contributed by atoms with Gasteiger partial charge in [-0.15, -0.1) is 0 Å². The summed E-state index contributed by atoms with van der Waals surface area (Å²) in [5, 5.41) is 3.83. The molecular weight excluding hydrogens is 575 g/mol. The van der Waals surface area contributed by atoms with Crippen molar-refractivity contribution in [1.82, 2.24) is 4.90 Å². The highest BCUT2D eigenvalue weighted by Gasteiger charge is 2.38. The average molecular weight is 598 g/mol. The molecule has 4 rings (SSSR count). The van der Waals surface area contributed by atoms with E-state index in [4.69, 9.17) is 37.4 Å². The van der Waals surface area contributed by atoms with Crippen LogP contribution in [0.4, 0.5) is 0 Å². The maximum atomic E-state index is 13.0. The number of hydrogen-bond acceptors (Lipinski definition) is 7. The molecule has 0 radical (unpaired) electrons. The first-order valence-corrected chi connectivity index (χ1v) is 13.4. The molecule has 0 amide bonds. The van der Waals surface area contributed by atoms with Crippen LogP contribution in [0, 0.1) is 0 Å². The Hall–Kier alpha value is -2.13. The standard InChI is InChI=1S/C25H23BrCl2N2O4S/c1-4-32-20-11-16(10-18(26)23(20)34-13-15-6-7-17(27)12-19(15)28)22-21(24(31)33-5-2)14(3)29-25-30(22)8-9-35-25/h6-12,22H,4-5,13H2,1-3H3/t22-/m1/s1. The van der Waals surface area contributed by atoms with E-state index in [0.29, 0.717) is 43.9 Å². The SMILES string of the molecule is CCOC(=O)C1=C(C)N=C2SC=CN2[C@@H]1c1cc(Br)c(OCc2ccc(Cl)cc2Cl)c(OCC)c1. The molecule has 6 nitrogen and oxygen atoms in total. The number of benzene rings is 2.